The molecule has 1 aromatic rings. The molecule has 0 atom stereocenters. The number of unbranched alkanes of at least 4 members (excludes halogenated alkanes) is 1. The van der Waals surface area contributed by atoms with Gasteiger partial charge in [-0.25, -0.2) is 8.42 Å². The largest absolute Gasteiger partial charge is 0.315 e. The highest BCUT2D eigenvalue weighted by atomic mass is 32.2. The summed E-state index contributed by atoms with van der Waals surface area (Å²) in [6.45, 7) is 5.05. The van der Waals surface area contributed by atoms with Gasteiger partial charge in [0.15, 0.2) is 0 Å². The number of hydrogen-bond acceptors (Lipinski definition) is 3. The third-order valence-electron chi connectivity index (χ3n) is 3.76. The fourth-order valence-corrected chi connectivity index (χ4v) is 3.85. The lowest BCUT2D eigenvalue weighted by molar-refractivity contribution is 0.561. The smallest absolute Gasteiger partial charge is 0.232 e. The summed E-state index contributed by atoms with van der Waals surface area (Å²) in [6, 6.07) is 6.36. The predicted molar refractivity (Wildman–Crippen MR) is 88.2 cm³/mol. The minimum atomic E-state index is -3.23. The van der Waals surface area contributed by atoms with Gasteiger partial charge in [-0.1, -0.05) is 19.9 Å². The number of sulfonamides is 1. The van der Waals surface area contributed by atoms with E-state index in [0.29, 0.717) is 18.2 Å². The summed E-state index contributed by atoms with van der Waals surface area (Å²) in [5, 5.41) is 3.29. The van der Waals surface area contributed by atoms with Crippen LogP contribution in [0, 0.1) is 0 Å². The average molecular weight is 310 g/mol. The molecule has 1 aromatic carbocycles. The second kappa shape index (κ2) is 7.27. The van der Waals surface area contributed by atoms with Gasteiger partial charge in [0.05, 0.1) is 5.75 Å². The lowest BCUT2D eigenvalue weighted by Crippen LogP contribution is -2.24. The summed E-state index contributed by atoms with van der Waals surface area (Å²) in [5.41, 5.74) is 3.35. The highest BCUT2D eigenvalue weighted by molar-refractivity contribution is 7.92. The van der Waals surface area contributed by atoms with Crippen molar-refractivity contribution >= 4 is 15.7 Å². The Morgan fingerprint density at radius 2 is 1.90 bits per heavy atom. The van der Waals surface area contributed by atoms with E-state index in [9.17, 15) is 8.42 Å². The summed E-state index contributed by atoms with van der Waals surface area (Å²) < 4.78 is 26.8. The van der Waals surface area contributed by atoms with Gasteiger partial charge >= 0.3 is 0 Å². The van der Waals surface area contributed by atoms with E-state index in [0.717, 1.165) is 25.8 Å². The highest BCUT2D eigenvalue weighted by Gasteiger charge is 2.14. The Balaban J connectivity index is 1.81. The number of hydrogen-bond donors (Lipinski definition) is 2. The number of anilines is 1. The standard InChI is InChI=1S/C16H26N2O2S/c1-13(2)17-10-3-4-11-21(19,20)18-16-9-8-14-6-5-7-15(14)12-16/h8-9,12-13,17-18H,3-7,10-11H2,1-2H3. The SMILES string of the molecule is CC(C)NCCCCS(=O)(=O)Nc1ccc2c(c1)CCC2. The Bertz CT molecular complexity index is 568. The van der Waals surface area contributed by atoms with E-state index in [2.05, 4.69) is 23.9 Å². The molecule has 0 aromatic heterocycles. The van der Waals surface area contributed by atoms with Crippen molar-refractivity contribution in [2.75, 3.05) is 17.0 Å². The van der Waals surface area contributed by atoms with E-state index in [1.54, 1.807) is 0 Å². The summed E-state index contributed by atoms with van der Waals surface area (Å²) in [6.07, 6.45) is 4.91. The van der Waals surface area contributed by atoms with Crippen LogP contribution in [-0.4, -0.2) is 26.8 Å². The quantitative estimate of drug-likeness (QED) is 0.726. The Morgan fingerprint density at radius 1 is 1.14 bits per heavy atom. The second-order valence-electron chi connectivity index (χ2n) is 6.07. The molecular weight excluding hydrogens is 284 g/mol. The summed E-state index contributed by atoms with van der Waals surface area (Å²) in [7, 11) is -3.23. The van der Waals surface area contributed by atoms with Gasteiger partial charge in [-0.05, 0) is 61.9 Å². The first kappa shape index (κ1) is 16.3. The number of nitrogens with one attached hydrogen (secondary N) is 2. The van der Waals surface area contributed by atoms with Crippen LogP contribution >= 0.6 is 0 Å². The predicted octanol–water partition coefficient (Wildman–Crippen LogP) is 2.70. The zero-order chi connectivity index (χ0) is 15.3. The first-order chi connectivity index (χ1) is 9.96. The zero-order valence-corrected chi connectivity index (χ0v) is 13.8. The van der Waals surface area contributed by atoms with Crippen molar-refractivity contribution in [1.29, 1.82) is 0 Å². The number of benzene rings is 1. The summed E-state index contributed by atoms with van der Waals surface area (Å²) >= 11 is 0. The molecule has 0 amide bonds. The molecule has 0 saturated heterocycles. The van der Waals surface area contributed by atoms with Crippen LogP contribution in [0.5, 0.6) is 0 Å². The van der Waals surface area contributed by atoms with Crippen LogP contribution in [0.3, 0.4) is 0 Å². The molecule has 0 radical (unpaired) electrons. The number of aryl methyl sites for hydroxylation is 2. The fraction of sp³-hybridized carbons (Fsp3) is 0.625. The van der Waals surface area contributed by atoms with Gasteiger partial charge in [-0.2, -0.15) is 0 Å². The second-order valence-corrected chi connectivity index (χ2v) is 7.92. The molecule has 5 heteroatoms. The molecule has 1 aliphatic rings. The van der Waals surface area contributed by atoms with E-state index < -0.39 is 10.0 Å². The van der Waals surface area contributed by atoms with Crippen LogP contribution in [-0.2, 0) is 22.9 Å². The minimum absolute atomic E-state index is 0.184. The van der Waals surface area contributed by atoms with Gasteiger partial charge in [0.25, 0.3) is 0 Å². The molecule has 1 aliphatic carbocycles. The maximum Gasteiger partial charge on any atom is 0.232 e. The maximum absolute atomic E-state index is 12.1. The molecule has 0 saturated carbocycles. The molecule has 0 unspecified atom stereocenters. The van der Waals surface area contributed by atoms with Crippen molar-refractivity contribution in [3.8, 4) is 0 Å². The van der Waals surface area contributed by atoms with Gasteiger partial charge in [0.2, 0.25) is 10.0 Å². The van der Waals surface area contributed by atoms with Crippen molar-refractivity contribution in [1.82, 2.24) is 5.32 Å². The lowest BCUT2D eigenvalue weighted by Gasteiger charge is -2.10. The highest BCUT2D eigenvalue weighted by Crippen LogP contribution is 2.25. The lowest BCUT2D eigenvalue weighted by atomic mass is 10.1. The zero-order valence-electron chi connectivity index (χ0n) is 13.0. The van der Waals surface area contributed by atoms with Gasteiger partial charge in [0, 0.05) is 11.7 Å². The summed E-state index contributed by atoms with van der Waals surface area (Å²) in [5.74, 6) is 0.184. The average Bonchev–Trinajstić information content (AvgIpc) is 2.84. The molecule has 118 valence electrons. The van der Waals surface area contributed by atoms with Crippen LogP contribution < -0.4 is 10.0 Å². The van der Waals surface area contributed by atoms with Gasteiger partial charge in [-0.15, -0.1) is 0 Å². The first-order valence-electron chi connectivity index (χ1n) is 7.82. The maximum atomic E-state index is 12.1. The topological polar surface area (TPSA) is 58.2 Å². The van der Waals surface area contributed by atoms with Crippen molar-refractivity contribution in [2.45, 2.75) is 52.0 Å². The van der Waals surface area contributed by atoms with Crippen LogP contribution in [0.4, 0.5) is 5.69 Å². The monoisotopic (exact) mass is 310 g/mol. The third-order valence-corrected chi connectivity index (χ3v) is 5.14. The molecule has 0 aliphatic heterocycles. The third kappa shape index (κ3) is 5.32. The van der Waals surface area contributed by atoms with E-state index in [4.69, 9.17) is 0 Å². The molecule has 0 bridgehead atoms. The van der Waals surface area contributed by atoms with Crippen molar-refractivity contribution in [3.05, 3.63) is 29.3 Å². The number of fused-ring (bicyclic) bond motifs is 1. The normalized spacial score (nSPS) is 14.4. The molecule has 0 heterocycles. The van der Waals surface area contributed by atoms with Crippen LogP contribution in [0.1, 0.15) is 44.2 Å². The minimum Gasteiger partial charge on any atom is -0.315 e. The van der Waals surface area contributed by atoms with Crippen LogP contribution in [0.15, 0.2) is 18.2 Å². The van der Waals surface area contributed by atoms with Crippen molar-refractivity contribution < 1.29 is 8.42 Å². The molecule has 4 nitrogen and oxygen atoms in total. The molecule has 0 spiro atoms. The molecular formula is C16H26N2O2S. The molecule has 21 heavy (non-hydrogen) atoms. The van der Waals surface area contributed by atoms with Crippen LogP contribution in [0.2, 0.25) is 0 Å². The summed E-state index contributed by atoms with van der Waals surface area (Å²) in [4.78, 5) is 0. The van der Waals surface area contributed by atoms with Crippen molar-refractivity contribution in [3.63, 3.8) is 0 Å². The Labute approximate surface area is 128 Å². The van der Waals surface area contributed by atoms with Crippen molar-refractivity contribution in [2.24, 2.45) is 0 Å². The van der Waals surface area contributed by atoms with E-state index in [1.165, 1.54) is 17.5 Å². The van der Waals surface area contributed by atoms with Gasteiger partial charge < -0.3 is 5.32 Å². The van der Waals surface area contributed by atoms with E-state index in [-0.39, 0.29) is 5.75 Å². The van der Waals surface area contributed by atoms with E-state index >= 15 is 0 Å². The van der Waals surface area contributed by atoms with Crippen LogP contribution in [0.25, 0.3) is 0 Å². The number of rotatable bonds is 8. The van der Waals surface area contributed by atoms with Gasteiger partial charge in [-0.3, -0.25) is 4.72 Å². The molecule has 2 N–H and O–H groups in total. The Hall–Kier alpha value is -1.07. The fourth-order valence-electron chi connectivity index (χ4n) is 2.67. The first-order valence-corrected chi connectivity index (χ1v) is 9.47. The Kier molecular flexibility index (Phi) is 5.65. The van der Waals surface area contributed by atoms with E-state index in [1.807, 2.05) is 18.2 Å². The molecule has 2 rings (SSSR count). The Morgan fingerprint density at radius 3 is 2.67 bits per heavy atom. The van der Waals surface area contributed by atoms with Gasteiger partial charge in [0.1, 0.15) is 0 Å². The molecule has 0 fully saturated rings.